The van der Waals surface area contributed by atoms with Gasteiger partial charge in [0.25, 0.3) is 0 Å². The van der Waals surface area contributed by atoms with Gasteiger partial charge in [0.05, 0.1) is 12.5 Å². The molecule has 5 rings (SSSR count). The Morgan fingerprint density at radius 3 is 3.00 bits per heavy atom. The molecule has 2 N–H and O–H groups in total. The molecule has 1 aliphatic carbocycles. The van der Waals surface area contributed by atoms with Crippen molar-refractivity contribution in [2.75, 3.05) is 19.6 Å². The highest BCUT2D eigenvalue weighted by Crippen LogP contribution is 2.30. The number of rotatable bonds is 4. The summed E-state index contributed by atoms with van der Waals surface area (Å²) in [6.07, 6.45) is 8.17. The molecular weight excluding hydrogens is 368 g/mol. The van der Waals surface area contributed by atoms with Crippen molar-refractivity contribution >= 4 is 5.91 Å². The van der Waals surface area contributed by atoms with E-state index in [2.05, 4.69) is 25.7 Å². The van der Waals surface area contributed by atoms with Crippen LogP contribution in [-0.2, 0) is 24.2 Å². The molecule has 154 valence electrons. The number of piperazine rings is 1. The standard InChI is InChI=1S/C21H28N6O2/c1-13-19(16-6-7-22-11-14(16)12-24-13)20-25-18(29-26-20)10-17-21(28)23-8-9-27(17)15-4-2-3-5-15/h12,15,17,22H,2-11H2,1H3,(H,23,28)/t17-/m1/s1. The predicted octanol–water partition coefficient (Wildman–Crippen LogP) is 1.37. The van der Waals surface area contributed by atoms with Crippen molar-refractivity contribution in [3.63, 3.8) is 0 Å². The molecule has 0 unspecified atom stereocenters. The second kappa shape index (κ2) is 7.84. The fourth-order valence-electron chi connectivity index (χ4n) is 5.09. The second-order valence-corrected chi connectivity index (χ2v) is 8.35. The van der Waals surface area contributed by atoms with Crippen LogP contribution >= 0.6 is 0 Å². The number of carbonyl (C=O) groups is 1. The van der Waals surface area contributed by atoms with E-state index in [0.29, 0.717) is 24.2 Å². The first-order chi connectivity index (χ1) is 14.2. The lowest BCUT2D eigenvalue weighted by Gasteiger charge is -2.38. The van der Waals surface area contributed by atoms with Gasteiger partial charge in [0.1, 0.15) is 0 Å². The maximum atomic E-state index is 12.6. The van der Waals surface area contributed by atoms with E-state index in [9.17, 15) is 4.79 Å². The molecule has 1 atom stereocenters. The topological polar surface area (TPSA) is 96.2 Å². The van der Waals surface area contributed by atoms with Gasteiger partial charge in [-0.05, 0) is 43.9 Å². The third kappa shape index (κ3) is 3.55. The lowest BCUT2D eigenvalue weighted by molar-refractivity contribution is -0.130. The summed E-state index contributed by atoms with van der Waals surface area (Å²) in [6, 6.07) is 0.266. The summed E-state index contributed by atoms with van der Waals surface area (Å²) in [5.41, 5.74) is 4.36. The number of aromatic nitrogens is 3. The molecule has 8 nitrogen and oxygen atoms in total. The van der Waals surface area contributed by atoms with Crippen molar-refractivity contribution in [2.45, 2.75) is 64.1 Å². The van der Waals surface area contributed by atoms with E-state index in [-0.39, 0.29) is 11.9 Å². The monoisotopic (exact) mass is 396 g/mol. The van der Waals surface area contributed by atoms with E-state index in [0.717, 1.165) is 43.9 Å². The normalized spacial score (nSPS) is 23.2. The Morgan fingerprint density at radius 1 is 1.28 bits per heavy atom. The minimum Gasteiger partial charge on any atom is -0.353 e. The molecule has 2 aliphatic heterocycles. The zero-order valence-corrected chi connectivity index (χ0v) is 16.9. The lowest BCUT2D eigenvalue weighted by atomic mass is 9.95. The molecule has 1 saturated carbocycles. The number of hydrogen-bond donors (Lipinski definition) is 2. The molecule has 2 fully saturated rings. The number of nitrogens with one attached hydrogen (secondary N) is 2. The van der Waals surface area contributed by atoms with Crippen LogP contribution in [0.5, 0.6) is 0 Å². The molecule has 0 aromatic carbocycles. The molecule has 29 heavy (non-hydrogen) atoms. The molecule has 0 spiro atoms. The number of fused-ring (bicyclic) bond motifs is 1. The van der Waals surface area contributed by atoms with Gasteiger partial charge >= 0.3 is 0 Å². The second-order valence-electron chi connectivity index (χ2n) is 8.35. The van der Waals surface area contributed by atoms with Crippen LogP contribution in [0.15, 0.2) is 10.7 Å². The summed E-state index contributed by atoms with van der Waals surface area (Å²) in [7, 11) is 0. The molecule has 3 aliphatic rings. The van der Waals surface area contributed by atoms with Crippen molar-refractivity contribution in [2.24, 2.45) is 0 Å². The summed E-state index contributed by atoms with van der Waals surface area (Å²) in [5.74, 6) is 1.19. The summed E-state index contributed by atoms with van der Waals surface area (Å²) in [4.78, 5) is 24.2. The summed E-state index contributed by atoms with van der Waals surface area (Å²) in [5, 5.41) is 10.7. The third-order valence-corrected chi connectivity index (χ3v) is 6.56. The van der Waals surface area contributed by atoms with E-state index >= 15 is 0 Å². The zero-order valence-electron chi connectivity index (χ0n) is 16.9. The highest BCUT2D eigenvalue weighted by Gasteiger charge is 2.37. The molecular formula is C21H28N6O2. The Labute approximate surface area is 170 Å². The predicted molar refractivity (Wildman–Crippen MR) is 107 cm³/mol. The zero-order chi connectivity index (χ0) is 19.8. The van der Waals surface area contributed by atoms with Gasteiger partial charge in [-0.25, -0.2) is 0 Å². The van der Waals surface area contributed by atoms with Crippen LogP contribution < -0.4 is 10.6 Å². The Kier molecular flexibility index (Phi) is 5.05. The van der Waals surface area contributed by atoms with E-state index in [1.165, 1.54) is 36.8 Å². The first-order valence-electron chi connectivity index (χ1n) is 10.7. The van der Waals surface area contributed by atoms with Gasteiger partial charge in [-0.15, -0.1) is 0 Å². The molecule has 1 saturated heterocycles. The smallest absolute Gasteiger partial charge is 0.237 e. The van der Waals surface area contributed by atoms with Crippen LogP contribution in [0, 0.1) is 6.92 Å². The van der Waals surface area contributed by atoms with Crippen molar-refractivity contribution in [3.05, 3.63) is 28.9 Å². The number of amides is 1. The largest absolute Gasteiger partial charge is 0.353 e. The van der Waals surface area contributed by atoms with Crippen LogP contribution in [0.4, 0.5) is 0 Å². The molecule has 8 heteroatoms. The summed E-state index contributed by atoms with van der Waals surface area (Å²) in [6.45, 7) is 5.36. The lowest BCUT2D eigenvalue weighted by Crippen LogP contribution is -2.58. The number of pyridine rings is 1. The van der Waals surface area contributed by atoms with Crippen molar-refractivity contribution in [1.82, 2.24) is 30.7 Å². The number of nitrogens with zero attached hydrogens (tertiary/aromatic N) is 4. The minimum absolute atomic E-state index is 0.0731. The van der Waals surface area contributed by atoms with Crippen molar-refractivity contribution < 1.29 is 9.32 Å². The number of carbonyl (C=O) groups excluding carboxylic acids is 1. The summed E-state index contributed by atoms with van der Waals surface area (Å²) >= 11 is 0. The maximum absolute atomic E-state index is 12.6. The van der Waals surface area contributed by atoms with Gasteiger partial charge in [0, 0.05) is 43.1 Å². The van der Waals surface area contributed by atoms with Crippen molar-refractivity contribution in [3.8, 4) is 11.4 Å². The Balaban J connectivity index is 1.41. The molecule has 2 aromatic heterocycles. The fraction of sp³-hybridized carbons (Fsp3) is 0.619. The third-order valence-electron chi connectivity index (χ3n) is 6.56. The van der Waals surface area contributed by atoms with Gasteiger partial charge in [0.2, 0.25) is 17.6 Å². The van der Waals surface area contributed by atoms with Gasteiger partial charge in [-0.3, -0.25) is 14.7 Å². The SMILES string of the molecule is Cc1ncc2c(c1-c1noc(C[C@@H]3C(=O)NCCN3C3CCCC3)n1)CCNC2. The average Bonchev–Trinajstić information content (AvgIpc) is 3.42. The van der Waals surface area contributed by atoms with E-state index in [1.54, 1.807) is 0 Å². The fourth-order valence-corrected chi connectivity index (χ4v) is 5.09. The van der Waals surface area contributed by atoms with Crippen LogP contribution in [-0.4, -0.2) is 57.6 Å². The number of hydrogen-bond acceptors (Lipinski definition) is 7. The molecule has 0 bridgehead atoms. The van der Waals surface area contributed by atoms with Gasteiger partial charge in [-0.2, -0.15) is 4.98 Å². The van der Waals surface area contributed by atoms with E-state index in [4.69, 9.17) is 9.51 Å². The number of aryl methyl sites for hydroxylation is 1. The quantitative estimate of drug-likeness (QED) is 0.806. The molecule has 2 aromatic rings. The Bertz CT molecular complexity index is 905. The van der Waals surface area contributed by atoms with E-state index < -0.39 is 0 Å². The average molecular weight is 396 g/mol. The van der Waals surface area contributed by atoms with Gasteiger partial charge in [-0.1, -0.05) is 18.0 Å². The van der Waals surface area contributed by atoms with Gasteiger partial charge < -0.3 is 15.2 Å². The van der Waals surface area contributed by atoms with Crippen LogP contribution in [0.25, 0.3) is 11.4 Å². The van der Waals surface area contributed by atoms with Gasteiger partial charge in [0.15, 0.2) is 0 Å². The van der Waals surface area contributed by atoms with Crippen LogP contribution in [0.1, 0.15) is 48.4 Å². The highest BCUT2D eigenvalue weighted by molar-refractivity contribution is 5.82. The summed E-state index contributed by atoms with van der Waals surface area (Å²) < 4.78 is 5.62. The Hall–Kier alpha value is -2.32. The van der Waals surface area contributed by atoms with E-state index in [1.807, 2.05) is 13.1 Å². The van der Waals surface area contributed by atoms with Crippen LogP contribution in [0.3, 0.4) is 0 Å². The molecule has 4 heterocycles. The molecule has 1 amide bonds. The highest BCUT2D eigenvalue weighted by atomic mass is 16.5. The Morgan fingerprint density at radius 2 is 2.14 bits per heavy atom. The first-order valence-corrected chi connectivity index (χ1v) is 10.7. The first kappa shape index (κ1) is 18.7. The van der Waals surface area contributed by atoms with Crippen molar-refractivity contribution in [1.29, 1.82) is 0 Å². The van der Waals surface area contributed by atoms with Crippen LogP contribution in [0.2, 0.25) is 0 Å². The minimum atomic E-state index is -0.228. The molecule has 0 radical (unpaired) electrons. The maximum Gasteiger partial charge on any atom is 0.237 e.